The van der Waals surface area contributed by atoms with Gasteiger partial charge in [0.25, 0.3) is 0 Å². The van der Waals surface area contributed by atoms with Gasteiger partial charge < -0.3 is 0 Å². The lowest BCUT2D eigenvalue weighted by atomic mass is 9.91. The van der Waals surface area contributed by atoms with Crippen molar-refractivity contribution in [2.45, 2.75) is 26.7 Å². The zero-order chi connectivity index (χ0) is 5.33. The highest BCUT2D eigenvalue weighted by molar-refractivity contribution is 4.92. The van der Waals surface area contributed by atoms with E-state index in [2.05, 4.69) is 26.0 Å². The fourth-order valence-electron chi connectivity index (χ4n) is 0.769. The second kappa shape index (κ2) is 1.36. The summed E-state index contributed by atoms with van der Waals surface area (Å²) in [5, 5.41) is 0. The summed E-state index contributed by atoms with van der Waals surface area (Å²) in [6.45, 7) is 4.53. The van der Waals surface area contributed by atoms with Crippen LogP contribution in [0.2, 0.25) is 0 Å². The number of hydrogen-bond donors (Lipinski definition) is 0. The quantitative estimate of drug-likeness (QED) is 0.432. The molecule has 0 N–H and O–H groups in total. The molecule has 0 saturated carbocycles. The Morgan fingerprint density at radius 1 is 1.57 bits per heavy atom. The minimum Gasteiger partial charge on any atom is -0.0805 e. The molecule has 0 fully saturated rings. The summed E-state index contributed by atoms with van der Waals surface area (Å²) >= 11 is 0. The van der Waals surface area contributed by atoms with Crippen LogP contribution in [0.5, 0.6) is 0 Å². The Labute approximate surface area is 45.2 Å². The van der Waals surface area contributed by atoms with E-state index in [9.17, 15) is 0 Å². The Bertz CT molecular complexity index is 78.2. The lowest BCUT2D eigenvalue weighted by Crippen LogP contribution is -2.02. The van der Waals surface area contributed by atoms with Crippen molar-refractivity contribution in [2.24, 2.45) is 5.41 Å². The monoisotopic (exact) mass is 95.1 g/mol. The van der Waals surface area contributed by atoms with Crippen LogP contribution in [-0.2, 0) is 0 Å². The summed E-state index contributed by atoms with van der Waals surface area (Å²) in [6.07, 6.45) is 7.69. The van der Waals surface area contributed by atoms with Crippen LogP contribution >= 0.6 is 0 Å². The third kappa shape index (κ3) is 1.05. The van der Waals surface area contributed by atoms with E-state index in [4.69, 9.17) is 0 Å². The minimum absolute atomic E-state index is 0.528. The van der Waals surface area contributed by atoms with Gasteiger partial charge in [0, 0.05) is 0 Å². The van der Waals surface area contributed by atoms with Crippen LogP contribution in [0.15, 0.2) is 6.08 Å². The topological polar surface area (TPSA) is 0 Å². The summed E-state index contributed by atoms with van der Waals surface area (Å²) in [5.74, 6) is 0. The van der Waals surface area contributed by atoms with E-state index in [0.717, 1.165) is 6.42 Å². The fourth-order valence-corrected chi connectivity index (χ4v) is 0.769. The Kier molecular flexibility index (Phi) is 0.949. The summed E-state index contributed by atoms with van der Waals surface area (Å²) in [6, 6.07) is 0. The minimum atomic E-state index is 0.528. The van der Waals surface area contributed by atoms with Gasteiger partial charge in [-0.05, 0) is 24.3 Å². The summed E-state index contributed by atoms with van der Waals surface area (Å²) in [5.41, 5.74) is 0.528. The van der Waals surface area contributed by atoms with Gasteiger partial charge in [-0.2, -0.15) is 0 Å². The van der Waals surface area contributed by atoms with Crippen molar-refractivity contribution in [1.29, 1.82) is 0 Å². The lowest BCUT2D eigenvalue weighted by molar-refractivity contribution is 0.396. The van der Waals surface area contributed by atoms with Gasteiger partial charge in [-0.15, -0.1) is 0 Å². The predicted octanol–water partition coefficient (Wildman–Crippen LogP) is 2.17. The molecule has 0 bridgehead atoms. The maximum atomic E-state index is 3.19. The molecule has 0 aliphatic heterocycles. The molecule has 0 nitrogen and oxygen atoms in total. The van der Waals surface area contributed by atoms with Crippen molar-refractivity contribution in [3.8, 4) is 0 Å². The van der Waals surface area contributed by atoms with Gasteiger partial charge >= 0.3 is 0 Å². The van der Waals surface area contributed by atoms with Crippen LogP contribution in [0.3, 0.4) is 0 Å². The van der Waals surface area contributed by atoms with Gasteiger partial charge in [-0.25, -0.2) is 0 Å². The highest BCUT2D eigenvalue weighted by Crippen LogP contribution is 2.30. The highest BCUT2D eigenvalue weighted by Gasteiger charge is 2.17. The van der Waals surface area contributed by atoms with Gasteiger partial charge in [0.15, 0.2) is 0 Å². The van der Waals surface area contributed by atoms with Crippen molar-refractivity contribution in [3.05, 3.63) is 12.2 Å². The molecule has 0 heteroatoms. The molecule has 1 rings (SSSR count). The lowest BCUT2D eigenvalue weighted by Gasteiger charge is -2.13. The van der Waals surface area contributed by atoms with Crippen molar-refractivity contribution in [1.82, 2.24) is 0 Å². The molecule has 0 saturated heterocycles. The first-order valence-electron chi connectivity index (χ1n) is 2.76. The zero-order valence-electron chi connectivity index (χ0n) is 4.99. The Hall–Kier alpha value is -0.260. The molecular weight excluding hydrogens is 84.1 g/mol. The fraction of sp³-hybridized carbons (Fsp3) is 0.714. The molecule has 1 radical (unpaired) electrons. The largest absolute Gasteiger partial charge is 0.0805 e. The number of rotatable bonds is 0. The molecule has 0 atom stereocenters. The van der Waals surface area contributed by atoms with Crippen molar-refractivity contribution in [3.63, 3.8) is 0 Å². The molecule has 7 heavy (non-hydrogen) atoms. The van der Waals surface area contributed by atoms with Gasteiger partial charge in [0.05, 0.1) is 0 Å². The van der Waals surface area contributed by atoms with Crippen molar-refractivity contribution >= 4 is 0 Å². The molecule has 1 aliphatic carbocycles. The average Bonchev–Trinajstić information content (AvgIpc) is 1.84. The molecule has 0 amide bonds. The van der Waals surface area contributed by atoms with E-state index in [1.54, 1.807) is 0 Å². The highest BCUT2D eigenvalue weighted by atomic mass is 14.2. The second-order valence-electron chi connectivity index (χ2n) is 2.95. The van der Waals surface area contributed by atoms with E-state index >= 15 is 0 Å². The maximum Gasteiger partial charge on any atom is -0.0225 e. The number of allylic oxidation sites excluding steroid dienone is 2. The van der Waals surface area contributed by atoms with E-state index < -0.39 is 0 Å². The Morgan fingerprint density at radius 3 is 2.43 bits per heavy atom. The van der Waals surface area contributed by atoms with Crippen LogP contribution in [0.25, 0.3) is 0 Å². The van der Waals surface area contributed by atoms with E-state index in [0.29, 0.717) is 5.41 Å². The average molecular weight is 95.2 g/mol. The standard InChI is InChI=1S/C7H11/c1-7(2)5-3-4-6-7/h3H,5-6H2,1-2H3. The Morgan fingerprint density at radius 2 is 2.29 bits per heavy atom. The number of hydrogen-bond acceptors (Lipinski definition) is 0. The summed E-state index contributed by atoms with van der Waals surface area (Å²) in [7, 11) is 0. The SMILES string of the molecule is CC1(C)C[C]=CC1. The predicted molar refractivity (Wildman–Crippen MR) is 30.8 cm³/mol. The van der Waals surface area contributed by atoms with Crippen molar-refractivity contribution < 1.29 is 0 Å². The summed E-state index contributed by atoms with van der Waals surface area (Å²) in [4.78, 5) is 0. The molecular formula is C7H11. The molecule has 0 spiro atoms. The molecule has 0 aromatic heterocycles. The van der Waals surface area contributed by atoms with Crippen LogP contribution in [0.1, 0.15) is 26.7 Å². The first-order chi connectivity index (χ1) is 3.21. The summed E-state index contributed by atoms with van der Waals surface area (Å²) < 4.78 is 0. The third-order valence-corrected chi connectivity index (χ3v) is 1.38. The van der Waals surface area contributed by atoms with Gasteiger partial charge in [0.1, 0.15) is 0 Å². The Balaban J connectivity index is 2.49. The molecule has 0 aromatic rings. The van der Waals surface area contributed by atoms with Gasteiger partial charge in [0.2, 0.25) is 0 Å². The molecule has 0 aromatic carbocycles. The second-order valence-corrected chi connectivity index (χ2v) is 2.95. The van der Waals surface area contributed by atoms with E-state index in [1.165, 1.54) is 6.42 Å². The first-order valence-corrected chi connectivity index (χ1v) is 2.76. The smallest absolute Gasteiger partial charge is 0.0225 e. The van der Waals surface area contributed by atoms with Crippen LogP contribution in [-0.4, -0.2) is 0 Å². The normalized spacial score (nSPS) is 26.0. The molecule has 1 aliphatic rings. The molecule has 0 unspecified atom stereocenters. The van der Waals surface area contributed by atoms with E-state index in [1.807, 2.05) is 0 Å². The first kappa shape index (κ1) is 4.89. The third-order valence-electron chi connectivity index (χ3n) is 1.38. The maximum absolute atomic E-state index is 3.19. The van der Waals surface area contributed by atoms with Gasteiger partial charge in [-0.1, -0.05) is 19.9 Å². The zero-order valence-corrected chi connectivity index (χ0v) is 4.99. The van der Waals surface area contributed by atoms with E-state index in [-0.39, 0.29) is 0 Å². The van der Waals surface area contributed by atoms with Crippen LogP contribution in [0, 0.1) is 11.5 Å². The van der Waals surface area contributed by atoms with Crippen molar-refractivity contribution in [2.75, 3.05) is 0 Å². The molecule has 39 valence electrons. The van der Waals surface area contributed by atoms with Crippen LogP contribution in [0.4, 0.5) is 0 Å². The van der Waals surface area contributed by atoms with Gasteiger partial charge in [-0.3, -0.25) is 0 Å². The molecule has 0 heterocycles. The van der Waals surface area contributed by atoms with Crippen LogP contribution < -0.4 is 0 Å².